The SMILES string of the molecule is CC(C)(CN)Oc1cc(S(C)(=O)=O)ccc1C(=O)Nc1cccnc1C(=O)Nc1ccc(Cl)cn1.Cl. The van der Waals surface area contributed by atoms with Gasteiger partial charge in [0.2, 0.25) is 0 Å². The topological polar surface area (TPSA) is 153 Å². The highest BCUT2D eigenvalue weighted by atomic mass is 35.5. The summed E-state index contributed by atoms with van der Waals surface area (Å²) >= 11 is 5.82. The third-order valence-electron chi connectivity index (χ3n) is 4.74. The predicted octanol–water partition coefficient (Wildman–Crippen LogP) is 3.58. The van der Waals surface area contributed by atoms with Gasteiger partial charge in [-0.05, 0) is 56.3 Å². The number of amides is 2. The fourth-order valence-corrected chi connectivity index (χ4v) is 3.59. The van der Waals surface area contributed by atoms with E-state index in [1.807, 2.05) is 0 Å². The number of benzene rings is 1. The fraction of sp³-hybridized carbons (Fsp3) is 0.217. The van der Waals surface area contributed by atoms with Crippen LogP contribution in [0.5, 0.6) is 5.75 Å². The molecule has 2 heterocycles. The number of sulfone groups is 1. The average molecular weight is 554 g/mol. The molecular weight excluding hydrogens is 529 g/mol. The molecule has 0 aliphatic rings. The van der Waals surface area contributed by atoms with Gasteiger partial charge in [-0.1, -0.05) is 11.6 Å². The van der Waals surface area contributed by atoms with Gasteiger partial charge < -0.3 is 21.1 Å². The van der Waals surface area contributed by atoms with Crippen molar-refractivity contribution in [3.05, 3.63) is 71.1 Å². The van der Waals surface area contributed by atoms with Gasteiger partial charge in [0.25, 0.3) is 11.8 Å². The van der Waals surface area contributed by atoms with Gasteiger partial charge in [0.15, 0.2) is 15.5 Å². The smallest absolute Gasteiger partial charge is 0.277 e. The number of halogens is 2. The summed E-state index contributed by atoms with van der Waals surface area (Å²) in [5.74, 6) is -0.969. The number of ether oxygens (including phenoxy) is 1. The van der Waals surface area contributed by atoms with Crippen LogP contribution < -0.4 is 21.1 Å². The molecule has 10 nitrogen and oxygen atoms in total. The number of nitrogens with zero attached hydrogens (tertiary/aromatic N) is 2. The zero-order valence-electron chi connectivity index (χ0n) is 19.6. The molecule has 0 spiro atoms. The van der Waals surface area contributed by atoms with E-state index in [0.29, 0.717) is 5.02 Å². The maximum Gasteiger partial charge on any atom is 0.277 e. The fourth-order valence-electron chi connectivity index (χ4n) is 2.85. The van der Waals surface area contributed by atoms with Gasteiger partial charge in [-0.25, -0.2) is 18.4 Å². The Morgan fingerprint density at radius 3 is 2.42 bits per heavy atom. The first-order chi connectivity index (χ1) is 16.4. The van der Waals surface area contributed by atoms with E-state index in [2.05, 4.69) is 20.6 Å². The lowest BCUT2D eigenvalue weighted by Gasteiger charge is -2.26. The lowest BCUT2D eigenvalue weighted by atomic mass is 10.1. The van der Waals surface area contributed by atoms with Crippen molar-refractivity contribution >= 4 is 57.2 Å². The molecule has 4 N–H and O–H groups in total. The van der Waals surface area contributed by atoms with Crippen LogP contribution in [0.1, 0.15) is 34.7 Å². The second-order valence-electron chi connectivity index (χ2n) is 8.17. The molecule has 0 saturated carbocycles. The minimum absolute atomic E-state index is 0. The van der Waals surface area contributed by atoms with Crippen LogP contribution in [-0.4, -0.2) is 48.6 Å². The number of anilines is 2. The van der Waals surface area contributed by atoms with Crippen LogP contribution in [0.3, 0.4) is 0 Å². The van der Waals surface area contributed by atoms with E-state index in [-0.39, 0.29) is 52.4 Å². The van der Waals surface area contributed by atoms with Crippen LogP contribution in [0.25, 0.3) is 0 Å². The summed E-state index contributed by atoms with van der Waals surface area (Å²) in [5.41, 5.74) is 4.98. The Bertz CT molecular complexity index is 1370. The average Bonchev–Trinajstić information content (AvgIpc) is 2.80. The van der Waals surface area contributed by atoms with Crippen LogP contribution in [0, 0.1) is 0 Å². The Morgan fingerprint density at radius 2 is 1.81 bits per heavy atom. The van der Waals surface area contributed by atoms with Crippen molar-refractivity contribution in [2.45, 2.75) is 24.3 Å². The molecule has 13 heteroatoms. The number of rotatable bonds is 8. The number of nitrogens with two attached hydrogens (primary N) is 1. The predicted molar refractivity (Wildman–Crippen MR) is 140 cm³/mol. The van der Waals surface area contributed by atoms with Crippen molar-refractivity contribution in [1.29, 1.82) is 0 Å². The molecule has 0 saturated heterocycles. The molecule has 0 fully saturated rings. The molecular formula is C23H25Cl2N5O5S. The molecule has 3 aromatic rings. The minimum atomic E-state index is -3.56. The Hall–Kier alpha value is -3.25. The highest BCUT2D eigenvalue weighted by Gasteiger charge is 2.25. The molecule has 1 aromatic carbocycles. The Balaban J connectivity index is 0.00000456. The van der Waals surface area contributed by atoms with Crippen LogP contribution in [0.15, 0.2) is 59.8 Å². The van der Waals surface area contributed by atoms with Crippen molar-refractivity contribution in [3.63, 3.8) is 0 Å². The Labute approximate surface area is 219 Å². The second kappa shape index (κ2) is 11.7. The molecule has 3 rings (SSSR count). The molecule has 0 radical (unpaired) electrons. The summed E-state index contributed by atoms with van der Waals surface area (Å²) < 4.78 is 29.9. The first kappa shape index (κ1) is 29.0. The van der Waals surface area contributed by atoms with Gasteiger partial charge in [-0.2, -0.15) is 0 Å². The lowest BCUT2D eigenvalue weighted by molar-refractivity contribution is 0.0986. The summed E-state index contributed by atoms with van der Waals surface area (Å²) in [5, 5.41) is 5.63. The summed E-state index contributed by atoms with van der Waals surface area (Å²) in [6.45, 7) is 3.52. The first-order valence-corrected chi connectivity index (χ1v) is 12.6. The Morgan fingerprint density at radius 1 is 1.08 bits per heavy atom. The van der Waals surface area contributed by atoms with E-state index in [4.69, 9.17) is 22.1 Å². The van der Waals surface area contributed by atoms with E-state index in [1.54, 1.807) is 26.0 Å². The lowest BCUT2D eigenvalue weighted by Crippen LogP contribution is -2.37. The summed E-state index contributed by atoms with van der Waals surface area (Å²) in [6.07, 6.45) is 3.83. The van der Waals surface area contributed by atoms with E-state index in [1.165, 1.54) is 42.7 Å². The minimum Gasteiger partial charge on any atom is -0.486 e. The zero-order chi connectivity index (χ0) is 25.8. The van der Waals surface area contributed by atoms with Crippen LogP contribution in [0.2, 0.25) is 5.02 Å². The third kappa shape index (κ3) is 7.37. The molecule has 2 amide bonds. The molecule has 36 heavy (non-hydrogen) atoms. The quantitative estimate of drug-likeness (QED) is 0.382. The van der Waals surface area contributed by atoms with Gasteiger partial charge in [-0.15, -0.1) is 12.4 Å². The van der Waals surface area contributed by atoms with E-state index >= 15 is 0 Å². The van der Waals surface area contributed by atoms with Crippen LogP contribution >= 0.6 is 24.0 Å². The third-order valence-corrected chi connectivity index (χ3v) is 6.08. The highest BCUT2D eigenvalue weighted by Crippen LogP contribution is 2.28. The monoisotopic (exact) mass is 553 g/mol. The molecule has 192 valence electrons. The van der Waals surface area contributed by atoms with Gasteiger partial charge in [0.1, 0.15) is 17.2 Å². The molecule has 2 aromatic heterocycles. The number of pyridine rings is 2. The van der Waals surface area contributed by atoms with Gasteiger partial charge in [0, 0.05) is 25.2 Å². The maximum atomic E-state index is 13.2. The van der Waals surface area contributed by atoms with Crippen molar-refractivity contribution < 1.29 is 22.7 Å². The summed E-state index contributed by atoms with van der Waals surface area (Å²) in [6, 6.07) is 10.0. The standard InChI is InChI=1S/C23H24ClN5O5S.ClH/c1-23(2,13-25)34-18-11-15(35(3,32)33)7-8-16(18)21(30)28-17-5-4-10-26-20(17)22(31)29-19-9-6-14(24)12-27-19;/h4-12H,13,25H2,1-3H3,(H,28,30)(H,27,29,31);1H. The normalized spacial score (nSPS) is 11.2. The van der Waals surface area contributed by atoms with Crippen molar-refractivity contribution in [2.75, 3.05) is 23.4 Å². The van der Waals surface area contributed by atoms with Crippen molar-refractivity contribution in [3.8, 4) is 5.75 Å². The number of carbonyl (C=O) groups excluding carboxylic acids is 2. The largest absolute Gasteiger partial charge is 0.486 e. The van der Waals surface area contributed by atoms with Crippen molar-refractivity contribution in [2.24, 2.45) is 5.73 Å². The van der Waals surface area contributed by atoms with Crippen molar-refractivity contribution in [1.82, 2.24) is 9.97 Å². The molecule has 0 unspecified atom stereocenters. The highest BCUT2D eigenvalue weighted by molar-refractivity contribution is 7.90. The van der Waals surface area contributed by atoms with Crippen LogP contribution in [0.4, 0.5) is 11.5 Å². The maximum absolute atomic E-state index is 13.2. The number of aromatic nitrogens is 2. The first-order valence-electron chi connectivity index (χ1n) is 10.3. The number of hydrogen-bond donors (Lipinski definition) is 3. The Kier molecular flexibility index (Phi) is 9.38. The van der Waals surface area contributed by atoms with Gasteiger partial charge in [-0.3, -0.25) is 9.59 Å². The molecule has 0 bridgehead atoms. The second-order valence-corrected chi connectivity index (χ2v) is 10.6. The number of nitrogens with one attached hydrogen (secondary N) is 2. The molecule has 0 aliphatic carbocycles. The van der Waals surface area contributed by atoms with Crippen LogP contribution in [-0.2, 0) is 9.84 Å². The van der Waals surface area contributed by atoms with E-state index in [9.17, 15) is 18.0 Å². The zero-order valence-corrected chi connectivity index (χ0v) is 22.0. The molecule has 0 atom stereocenters. The van der Waals surface area contributed by atoms with Gasteiger partial charge >= 0.3 is 0 Å². The van der Waals surface area contributed by atoms with E-state index < -0.39 is 27.3 Å². The molecule has 0 aliphatic heterocycles. The van der Waals surface area contributed by atoms with E-state index in [0.717, 1.165) is 6.26 Å². The number of hydrogen-bond acceptors (Lipinski definition) is 8. The van der Waals surface area contributed by atoms with Gasteiger partial charge in [0.05, 0.1) is 21.2 Å². The summed E-state index contributed by atoms with van der Waals surface area (Å²) in [7, 11) is -3.56. The number of carbonyl (C=O) groups is 2. The summed E-state index contributed by atoms with van der Waals surface area (Å²) in [4.78, 5) is 34.0.